The Balaban J connectivity index is 0.000000211. The van der Waals surface area contributed by atoms with Gasteiger partial charge >= 0.3 is 6.18 Å². The van der Waals surface area contributed by atoms with Crippen molar-refractivity contribution in [1.29, 1.82) is 0 Å². The Labute approximate surface area is 188 Å². The quantitative estimate of drug-likeness (QED) is 0.661. The fraction of sp³-hybridized carbons (Fsp3) is 0.478. The molecule has 2 atom stereocenters. The van der Waals surface area contributed by atoms with Crippen LogP contribution in [0.25, 0.3) is 0 Å². The first-order chi connectivity index (χ1) is 15.0. The molecule has 0 amide bonds. The van der Waals surface area contributed by atoms with Crippen LogP contribution in [0.3, 0.4) is 0 Å². The number of likely N-dealkylation sites (N-methyl/N-ethyl adjacent to an activating group) is 1. The number of fused-ring (bicyclic) bond motifs is 4. The zero-order valence-corrected chi connectivity index (χ0v) is 19.6. The highest BCUT2D eigenvalue weighted by molar-refractivity contribution is 7.89. The number of rotatable bonds is 2. The Morgan fingerprint density at radius 1 is 1.12 bits per heavy atom. The standard InChI is InChI=1S/C13H17NO.C8H8F3NO2S.C2H6/c1-14-5-4-10-7-11(14)6-9-2-3-12(15)8-13(9)10;1-12-15(13,14)7-4-2-3-6(5-7)8(9,10)11;1-2/h2-3,8,10-11,15H,4-7H2,1H3;2-5,12H,1H3;1-2H3. The lowest BCUT2D eigenvalue weighted by molar-refractivity contribution is -0.137. The summed E-state index contributed by atoms with van der Waals surface area (Å²) < 4.78 is 61.1. The number of piperidine rings is 1. The number of phenols is 1. The van der Waals surface area contributed by atoms with E-state index in [-0.39, 0.29) is 0 Å². The van der Waals surface area contributed by atoms with E-state index in [0.29, 0.717) is 17.7 Å². The molecule has 4 rings (SSSR count). The maximum absolute atomic E-state index is 12.2. The number of halogens is 3. The Bertz CT molecular complexity index is 1010. The molecule has 32 heavy (non-hydrogen) atoms. The fourth-order valence-corrected chi connectivity index (χ4v) is 4.82. The van der Waals surface area contributed by atoms with Crippen LogP contribution < -0.4 is 4.72 Å². The lowest BCUT2D eigenvalue weighted by Crippen LogP contribution is -2.43. The lowest BCUT2D eigenvalue weighted by atomic mass is 9.75. The summed E-state index contributed by atoms with van der Waals surface area (Å²) in [6, 6.07) is 10.2. The van der Waals surface area contributed by atoms with Gasteiger partial charge in [0.05, 0.1) is 10.5 Å². The molecule has 2 aromatic carbocycles. The van der Waals surface area contributed by atoms with Crippen LogP contribution >= 0.6 is 0 Å². The van der Waals surface area contributed by atoms with Crippen LogP contribution in [0.4, 0.5) is 13.2 Å². The SMILES string of the molecule is CC.CN1CCC2CC1Cc1ccc(O)cc12.CNS(=O)(=O)c1cccc(C(F)(F)F)c1. The van der Waals surface area contributed by atoms with E-state index in [1.54, 1.807) is 0 Å². The molecule has 2 unspecified atom stereocenters. The first-order valence-electron chi connectivity index (χ1n) is 10.6. The summed E-state index contributed by atoms with van der Waals surface area (Å²) in [6.07, 6.45) is -0.877. The highest BCUT2D eigenvalue weighted by atomic mass is 32.2. The second-order valence-electron chi connectivity index (χ2n) is 7.68. The van der Waals surface area contributed by atoms with Crippen molar-refractivity contribution in [3.8, 4) is 5.75 Å². The van der Waals surface area contributed by atoms with Crippen LogP contribution in [0.1, 0.15) is 49.3 Å². The van der Waals surface area contributed by atoms with Crippen LogP contribution in [0, 0.1) is 0 Å². The second-order valence-corrected chi connectivity index (χ2v) is 9.56. The number of nitrogens with zero attached hydrogens (tertiary/aromatic N) is 1. The minimum absolute atomic E-state index is 0.403. The molecule has 1 aliphatic carbocycles. The fourth-order valence-electron chi connectivity index (χ4n) is 4.05. The average molecular weight is 473 g/mol. The smallest absolute Gasteiger partial charge is 0.416 e. The third-order valence-corrected chi connectivity index (χ3v) is 7.19. The van der Waals surface area contributed by atoms with E-state index in [0.717, 1.165) is 37.7 Å². The lowest BCUT2D eigenvalue weighted by Gasteiger charge is -2.42. The molecule has 0 radical (unpaired) electrons. The summed E-state index contributed by atoms with van der Waals surface area (Å²) in [5, 5.41) is 9.53. The minimum Gasteiger partial charge on any atom is -0.508 e. The number of hydrogen-bond acceptors (Lipinski definition) is 4. The molecule has 0 spiro atoms. The summed E-state index contributed by atoms with van der Waals surface area (Å²) in [7, 11) is -0.468. The highest BCUT2D eigenvalue weighted by Gasteiger charge is 2.33. The van der Waals surface area contributed by atoms with E-state index in [4.69, 9.17) is 0 Å². The summed E-state index contributed by atoms with van der Waals surface area (Å²) in [4.78, 5) is 2.08. The first kappa shape index (κ1) is 26.2. The molecule has 178 valence electrons. The average Bonchev–Trinajstić information content (AvgIpc) is 2.78. The summed E-state index contributed by atoms with van der Waals surface area (Å²) in [5.74, 6) is 1.10. The predicted molar refractivity (Wildman–Crippen MR) is 119 cm³/mol. The van der Waals surface area contributed by atoms with Crippen molar-refractivity contribution in [2.24, 2.45) is 0 Å². The van der Waals surface area contributed by atoms with Gasteiger partial charge in [-0.05, 0) is 87.3 Å². The number of sulfonamides is 1. The van der Waals surface area contributed by atoms with Crippen LogP contribution in [-0.2, 0) is 22.6 Å². The van der Waals surface area contributed by atoms with Gasteiger partial charge in [-0.2, -0.15) is 13.2 Å². The summed E-state index contributed by atoms with van der Waals surface area (Å²) in [6.45, 7) is 5.20. The summed E-state index contributed by atoms with van der Waals surface area (Å²) >= 11 is 0. The van der Waals surface area contributed by atoms with Gasteiger partial charge in [0, 0.05) is 6.04 Å². The number of phenolic OH excluding ortho intramolecular Hbond substituents is 1. The number of likely N-dealkylation sites (tertiary alicyclic amines) is 1. The predicted octanol–water partition coefficient (Wildman–Crippen LogP) is 4.77. The van der Waals surface area contributed by atoms with Gasteiger partial charge in [-0.3, -0.25) is 0 Å². The molecule has 5 nitrogen and oxygen atoms in total. The maximum atomic E-state index is 12.2. The van der Waals surface area contributed by atoms with Crippen molar-refractivity contribution < 1.29 is 26.7 Å². The molecule has 2 aliphatic rings. The van der Waals surface area contributed by atoms with E-state index in [1.807, 2.05) is 30.7 Å². The van der Waals surface area contributed by atoms with Crippen molar-refractivity contribution in [2.75, 3.05) is 20.6 Å². The molecule has 2 aromatic rings. The number of alkyl halides is 3. The van der Waals surface area contributed by atoms with Gasteiger partial charge < -0.3 is 10.0 Å². The largest absolute Gasteiger partial charge is 0.508 e. The highest BCUT2D eigenvalue weighted by Crippen LogP contribution is 2.40. The Kier molecular flexibility index (Phi) is 8.73. The molecule has 2 N–H and O–H groups in total. The van der Waals surface area contributed by atoms with Crippen molar-refractivity contribution in [3.05, 3.63) is 59.2 Å². The molecule has 0 aromatic heterocycles. The normalized spacial score (nSPS) is 20.2. The monoisotopic (exact) mass is 472 g/mol. The number of benzene rings is 2. The Morgan fingerprint density at radius 3 is 2.44 bits per heavy atom. The molecule has 1 heterocycles. The van der Waals surface area contributed by atoms with Gasteiger partial charge in [-0.25, -0.2) is 13.1 Å². The van der Waals surface area contributed by atoms with Gasteiger partial charge in [0.15, 0.2) is 0 Å². The molecular weight excluding hydrogens is 441 g/mol. The second kappa shape index (κ2) is 10.7. The molecule has 9 heteroatoms. The topological polar surface area (TPSA) is 69.6 Å². The summed E-state index contributed by atoms with van der Waals surface area (Å²) in [5.41, 5.74) is 1.86. The van der Waals surface area contributed by atoms with Gasteiger partial charge in [0.1, 0.15) is 5.75 Å². The van der Waals surface area contributed by atoms with Crippen molar-refractivity contribution >= 4 is 10.0 Å². The minimum atomic E-state index is -4.54. The molecule has 1 saturated heterocycles. The number of hydrogen-bond donors (Lipinski definition) is 2. The molecule has 0 saturated carbocycles. The molecule has 1 aliphatic heterocycles. The van der Waals surface area contributed by atoms with E-state index >= 15 is 0 Å². The van der Waals surface area contributed by atoms with Crippen LogP contribution in [-0.4, -0.2) is 45.1 Å². The number of aromatic hydroxyl groups is 1. The van der Waals surface area contributed by atoms with Crippen LogP contribution in [0.2, 0.25) is 0 Å². The van der Waals surface area contributed by atoms with E-state index in [9.17, 15) is 26.7 Å². The number of nitrogens with one attached hydrogen (secondary N) is 1. The third kappa shape index (κ3) is 6.24. The molecule has 1 fully saturated rings. The third-order valence-electron chi connectivity index (χ3n) is 5.78. The maximum Gasteiger partial charge on any atom is 0.416 e. The van der Waals surface area contributed by atoms with Crippen molar-refractivity contribution in [1.82, 2.24) is 9.62 Å². The van der Waals surface area contributed by atoms with E-state index < -0.39 is 26.7 Å². The van der Waals surface area contributed by atoms with Crippen LogP contribution in [0.5, 0.6) is 5.75 Å². The zero-order valence-electron chi connectivity index (χ0n) is 18.8. The van der Waals surface area contributed by atoms with Crippen LogP contribution in [0.15, 0.2) is 47.4 Å². The molecule has 2 bridgehead atoms. The van der Waals surface area contributed by atoms with Gasteiger partial charge in [0.25, 0.3) is 0 Å². The Morgan fingerprint density at radius 2 is 1.81 bits per heavy atom. The van der Waals surface area contributed by atoms with Gasteiger partial charge in [-0.1, -0.05) is 26.0 Å². The Hall–Kier alpha value is -2.10. The van der Waals surface area contributed by atoms with Gasteiger partial charge in [0.2, 0.25) is 10.0 Å². The van der Waals surface area contributed by atoms with E-state index in [2.05, 4.69) is 18.0 Å². The molecular formula is C23H31F3N2O3S. The van der Waals surface area contributed by atoms with Crippen molar-refractivity contribution in [3.63, 3.8) is 0 Å². The zero-order chi connectivity index (χ0) is 24.1. The van der Waals surface area contributed by atoms with Crippen molar-refractivity contribution in [2.45, 2.75) is 56.1 Å². The van der Waals surface area contributed by atoms with Gasteiger partial charge in [-0.15, -0.1) is 0 Å². The first-order valence-corrected chi connectivity index (χ1v) is 12.1. The van der Waals surface area contributed by atoms with E-state index in [1.165, 1.54) is 30.5 Å².